The standard InChI is InChI=1S/C39H24N2/c1-2-10-29-23-35-34(22-28(29)9-1)33-21-20-30(24-38(33)41-37-15-6-5-14-36(37)40-39(35)41)25-16-18-27(19-17-25)32-13-7-11-26-8-3-4-12-31(26)32/h1-24H. The molecule has 0 unspecified atom stereocenters. The summed E-state index contributed by atoms with van der Waals surface area (Å²) >= 11 is 0. The Morgan fingerprint density at radius 3 is 1.90 bits per heavy atom. The fourth-order valence-electron chi connectivity index (χ4n) is 6.54. The molecule has 9 aromatic rings. The predicted molar refractivity (Wildman–Crippen MR) is 174 cm³/mol. The quantitative estimate of drug-likeness (QED) is 0.164. The summed E-state index contributed by atoms with van der Waals surface area (Å²) in [5.41, 5.74) is 9.21. The zero-order valence-corrected chi connectivity index (χ0v) is 22.3. The Balaban J connectivity index is 1.28. The molecule has 41 heavy (non-hydrogen) atoms. The minimum atomic E-state index is 1.00. The van der Waals surface area contributed by atoms with E-state index in [1.807, 2.05) is 0 Å². The van der Waals surface area contributed by atoms with E-state index in [-0.39, 0.29) is 0 Å². The molecule has 0 bridgehead atoms. The van der Waals surface area contributed by atoms with Gasteiger partial charge in [0.2, 0.25) is 0 Å². The van der Waals surface area contributed by atoms with E-state index < -0.39 is 0 Å². The molecular weight excluding hydrogens is 496 g/mol. The second-order valence-electron chi connectivity index (χ2n) is 10.8. The Hall–Kier alpha value is -5.47. The summed E-state index contributed by atoms with van der Waals surface area (Å²) in [5, 5.41) is 8.67. The second kappa shape index (κ2) is 8.51. The third-order valence-corrected chi connectivity index (χ3v) is 8.54. The molecule has 0 aliphatic rings. The lowest BCUT2D eigenvalue weighted by Crippen LogP contribution is -1.93. The van der Waals surface area contributed by atoms with Crippen LogP contribution in [-0.2, 0) is 0 Å². The van der Waals surface area contributed by atoms with Gasteiger partial charge >= 0.3 is 0 Å². The molecule has 9 rings (SSSR count). The van der Waals surface area contributed by atoms with Crippen LogP contribution in [0.5, 0.6) is 0 Å². The second-order valence-corrected chi connectivity index (χ2v) is 10.8. The van der Waals surface area contributed by atoms with Crippen molar-refractivity contribution in [1.82, 2.24) is 9.38 Å². The van der Waals surface area contributed by atoms with Crippen molar-refractivity contribution in [3.63, 3.8) is 0 Å². The van der Waals surface area contributed by atoms with Gasteiger partial charge in [0, 0.05) is 10.8 Å². The van der Waals surface area contributed by atoms with Gasteiger partial charge < -0.3 is 0 Å². The van der Waals surface area contributed by atoms with Gasteiger partial charge in [-0.15, -0.1) is 0 Å². The van der Waals surface area contributed by atoms with Gasteiger partial charge in [0.15, 0.2) is 0 Å². The maximum atomic E-state index is 5.14. The number of aromatic nitrogens is 2. The molecule has 2 heteroatoms. The minimum Gasteiger partial charge on any atom is -0.292 e. The zero-order chi connectivity index (χ0) is 26.9. The number of para-hydroxylation sites is 2. The van der Waals surface area contributed by atoms with E-state index in [0.29, 0.717) is 0 Å². The maximum absolute atomic E-state index is 5.14. The van der Waals surface area contributed by atoms with E-state index in [0.717, 1.165) is 16.7 Å². The van der Waals surface area contributed by atoms with Gasteiger partial charge in [-0.1, -0.05) is 115 Å². The molecule has 2 nitrogen and oxygen atoms in total. The molecule has 0 N–H and O–H groups in total. The average Bonchev–Trinajstić information content (AvgIpc) is 3.44. The van der Waals surface area contributed by atoms with E-state index in [1.54, 1.807) is 0 Å². The molecular formula is C39H24N2. The third-order valence-electron chi connectivity index (χ3n) is 8.54. The lowest BCUT2D eigenvalue weighted by Gasteiger charge is -2.13. The minimum absolute atomic E-state index is 1.00. The predicted octanol–water partition coefficient (Wildman–Crippen LogP) is 10.4. The van der Waals surface area contributed by atoms with Gasteiger partial charge in [0.25, 0.3) is 0 Å². The van der Waals surface area contributed by atoms with E-state index >= 15 is 0 Å². The highest BCUT2D eigenvalue weighted by molar-refractivity contribution is 6.18. The van der Waals surface area contributed by atoms with E-state index in [1.165, 1.54) is 65.5 Å². The molecule has 0 saturated heterocycles. The number of nitrogens with zero attached hydrogens (tertiary/aromatic N) is 2. The van der Waals surface area contributed by atoms with Crippen LogP contribution in [0.3, 0.4) is 0 Å². The molecule has 0 atom stereocenters. The van der Waals surface area contributed by atoms with Crippen LogP contribution >= 0.6 is 0 Å². The monoisotopic (exact) mass is 520 g/mol. The number of pyridine rings is 1. The van der Waals surface area contributed by atoms with Gasteiger partial charge in [-0.2, -0.15) is 0 Å². The number of imidazole rings is 1. The fourth-order valence-corrected chi connectivity index (χ4v) is 6.54. The molecule has 7 aromatic carbocycles. The van der Waals surface area contributed by atoms with Crippen LogP contribution in [0.1, 0.15) is 0 Å². The first-order valence-corrected chi connectivity index (χ1v) is 14.1. The van der Waals surface area contributed by atoms with Gasteiger partial charge in [0.05, 0.1) is 16.6 Å². The normalized spacial score (nSPS) is 11.9. The van der Waals surface area contributed by atoms with Gasteiger partial charge in [-0.25, -0.2) is 4.98 Å². The molecule has 0 saturated carbocycles. The maximum Gasteiger partial charge on any atom is 0.146 e. The number of benzene rings is 7. The SMILES string of the molecule is c1ccc2cc3c(cc2c1)c1ccc(-c2ccc(-c4cccc5ccccc45)cc2)cc1n1c2ccccc2nc31. The molecule has 190 valence electrons. The van der Waals surface area contributed by atoms with Crippen LogP contribution in [0.2, 0.25) is 0 Å². The molecule has 0 spiro atoms. The summed E-state index contributed by atoms with van der Waals surface area (Å²) in [5.74, 6) is 0. The highest BCUT2D eigenvalue weighted by atomic mass is 15.0. The fraction of sp³-hybridized carbons (Fsp3) is 0. The van der Waals surface area contributed by atoms with Crippen molar-refractivity contribution in [2.45, 2.75) is 0 Å². The number of hydrogen-bond acceptors (Lipinski definition) is 1. The Morgan fingerprint density at radius 1 is 0.390 bits per heavy atom. The Kier molecular flexibility index (Phi) is 4.64. The van der Waals surface area contributed by atoms with Gasteiger partial charge in [-0.05, 0) is 79.5 Å². The Morgan fingerprint density at radius 2 is 1.05 bits per heavy atom. The Bertz CT molecular complexity index is 2460. The molecule has 0 aliphatic carbocycles. The summed E-state index contributed by atoms with van der Waals surface area (Å²) < 4.78 is 2.34. The first-order chi connectivity index (χ1) is 20.3. The van der Waals surface area contributed by atoms with Crippen molar-refractivity contribution in [2.75, 3.05) is 0 Å². The van der Waals surface area contributed by atoms with Crippen LogP contribution in [0.4, 0.5) is 0 Å². The largest absolute Gasteiger partial charge is 0.292 e. The van der Waals surface area contributed by atoms with Crippen LogP contribution in [0.15, 0.2) is 146 Å². The highest BCUT2D eigenvalue weighted by Gasteiger charge is 2.15. The van der Waals surface area contributed by atoms with E-state index in [4.69, 9.17) is 4.98 Å². The molecule has 0 aliphatic heterocycles. The first kappa shape index (κ1) is 22.4. The van der Waals surface area contributed by atoms with Crippen LogP contribution in [-0.4, -0.2) is 9.38 Å². The number of rotatable bonds is 2. The number of fused-ring (bicyclic) bond motifs is 10. The third kappa shape index (κ3) is 3.34. The summed E-state index contributed by atoms with van der Waals surface area (Å²) in [6, 6.07) is 52.6. The van der Waals surface area contributed by atoms with Gasteiger partial charge in [0.1, 0.15) is 5.65 Å². The van der Waals surface area contributed by atoms with Crippen molar-refractivity contribution in [3.05, 3.63) is 146 Å². The lowest BCUT2D eigenvalue weighted by molar-refractivity contribution is 1.32. The van der Waals surface area contributed by atoms with Crippen molar-refractivity contribution in [1.29, 1.82) is 0 Å². The molecule has 0 fully saturated rings. The average molecular weight is 521 g/mol. The smallest absolute Gasteiger partial charge is 0.146 e. The van der Waals surface area contributed by atoms with Crippen molar-refractivity contribution >= 4 is 59.9 Å². The van der Waals surface area contributed by atoms with Gasteiger partial charge in [-0.3, -0.25) is 4.40 Å². The Labute approximate surface area is 236 Å². The first-order valence-electron chi connectivity index (χ1n) is 14.1. The summed E-state index contributed by atoms with van der Waals surface area (Å²) in [4.78, 5) is 5.14. The van der Waals surface area contributed by atoms with Crippen molar-refractivity contribution in [3.8, 4) is 22.3 Å². The van der Waals surface area contributed by atoms with Crippen LogP contribution in [0, 0.1) is 0 Å². The van der Waals surface area contributed by atoms with E-state index in [2.05, 4.69) is 150 Å². The number of hydrogen-bond donors (Lipinski definition) is 0. The summed E-state index contributed by atoms with van der Waals surface area (Å²) in [7, 11) is 0. The van der Waals surface area contributed by atoms with Crippen molar-refractivity contribution in [2.24, 2.45) is 0 Å². The highest BCUT2D eigenvalue weighted by Crippen LogP contribution is 2.37. The van der Waals surface area contributed by atoms with Crippen LogP contribution < -0.4 is 0 Å². The summed E-state index contributed by atoms with van der Waals surface area (Å²) in [6.45, 7) is 0. The van der Waals surface area contributed by atoms with Crippen molar-refractivity contribution < 1.29 is 0 Å². The topological polar surface area (TPSA) is 17.3 Å². The molecule has 2 aromatic heterocycles. The summed E-state index contributed by atoms with van der Waals surface area (Å²) in [6.07, 6.45) is 0. The molecule has 0 radical (unpaired) electrons. The zero-order valence-electron chi connectivity index (χ0n) is 22.3. The molecule has 2 heterocycles. The lowest BCUT2D eigenvalue weighted by atomic mass is 9.95. The van der Waals surface area contributed by atoms with E-state index in [9.17, 15) is 0 Å². The van der Waals surface area contributed by atoms with Crippen LogP contribution in [0.25, 0.3) is 82.2 Å². The molecule has 0 amide bonds.